The van der Waals surface area contributed by atoms with E-state index >= 15 is 0 Å². The van der Waals surface area contributed by atoms with E-state index in [4.69, 9.17) is 0 Å². The van der Waals surface area contributed by atoms with Gasteiger partial charge in [-0.05, 0) is 19.1 Å². The maximum atomic E-state index is 12.0. The van der Waals surface area contributed by atoms with Crippen molar-refractivity contribution in [2.75, 3.05) is 6.54 Å². The third-order valence-corrected chi connectivity index (χ3v) is 2.14. The molecule has 5 heteroatoms. The van der Waals surface area contributed by atoms with Crippen molar-refractivity contribution in [3.8, 4) is 0 Å². The number of rotatable bonds is 5. The predicted molar refractivity (Wildman–Crippen MR) is 56.1 cm³/mol. The molecule has 0 aliphatic rings. The molecule has 16 heavy (non-hydrogen) atoms. The molecule has 0 spiro atoms. The maximum Gasteiger partial charge on any atom is 0.390 e. The zero-order valence-corrected chi connectivity index (χ0v) is 9.09. The van der Waals surface area contributed by atoms with E-state index in [9.17, 15) is 13.2 Å². The molecule has 0 bridgehead atoms. The van der Waals surface area contributed by atoms with E-state index in [1.807, 2.05) is 18.2 Å². The Labute approximate surface area is 92.9 Å². The third kappa shape index (κ3) is 5.70. The maximum absolute atomic E-state index is 12.0. The Kier molecular flexibility index (Phi) is 4.73. The van der Waals surface area contributed by atoms with Gasteiger partial charge in [0.2, 0.25) is 0 Å². The lowest BCUT2D eigenvalue weighted by Gasteiger charge is -2.15. The second kappa shape index (κ2) is 5.84. The van der Waals surface area contributed by atoms with Crippen molar-refractivity contribution < 1.29 is 13.2 Å². The van der Waals surface area contributed by atoms with Crippen LogP contribution in [-0.4, -0.2) is 23.7 Å². The molecule has 1 aromatic heterocycles. The second-order valence-corrected chi connectivity index (χ2v) is 3.75. The lowest BCUT2D eigenvalue weighted by Crippen LogP contribution is -2.32. The molecule has 0 aliphatic heterocycles. The summed E-state index contributed by atoms with van der Waals surface area (Å²) in [6, 6.07) is 4.98. The minimum atomic E-state index is -4.10. The zero-order valence-electron chi connectivity index (χ0n) is 9.09. The first-order valence-electron chi connectivity index (χ1n) is 5.17. The molecule has 1 aromatic rings. The summed E-state index contributed by atoms with van der Waals surface area (Å²) in [5.74, 6) is 0. The first-order valence-corrected chi connectivity index (χ1v) is 5.17. The van der Waals surface area contributed by atoms with Crippen LogP contribution in [0.5, 0.6) is 0 Å². The molecule has 2 nitrogen and oxygen atoms in total. The van der Waals surface area contributed by atoms with Gasteiger partial charge in [-0.3, -0.25) is 4.98 Å². The average Bonchev–Trinajstić information content (AvgIpc) is 2.16. The van der Waals surface area contributed by atoms with Gasteiger partial charge in [0.15, 0.2) is 0 Å². The number of aromatic nitrogens is 1. The molecular weight excluding hydrogens is 217 g/mol. The fourth-order valence-corrected chi connectivity index (χ4v) is 1.41. The van der Waals surface area contributed by atoms with Crippen LogP contribution in [0.2, 0.25) is 0 Å². The number of halogens is 3. The molecule has 0 aromatic carbocycles. The Balaban J connectivity index is 2.21. The predicted octanol–water partition coefficient (Wildman–Crippen LogP) is 2.55. The van der Waals surface area contributed by atoms with E-state index in [1.54, 1.807) is 6.20 Å². The van der Waals surface area contributed by atoms with Crippen LogP contribution in [0.1, 0.15) is 19.0 Å². The molecule has 0 amide bonds. The van der Waals surface area contributed by atoms with Crippen LogP contribution in [0.3, 0.4) is 0 Å². The summed E-state index contributed by atoms with van der Waals surface area (Å²) in [6.45, 7) is 2.04. The summed E-state index contributed by atoms with van der Waals surface area (Å²) in [5, 5.41) is 2.83. The molecule has 0 saturated carbocycles. The third-order valence-electron chi connectivity index (χ3n) is 2.14. The van der Waals surface area contributed by atoms with Crippen LogP contribution in [0.15, 0.2) is 24.4 Å². The Hall–Kier alpha value is -1.10. The van der Waals surface area contributed by atoms with Crippen molar-refractivity contribution in [3.63, 3.8) is 0 Å². The zero-order chi connectivity index (χ0) is 12.0. The van der Waals surface area contributed by atoms with Crippen LogP contribution >= 0.6 is 0 Å². The highest BCUT2D eigenvalue weighted by atomic mass is 19.4. The first-order chi connectivity index (χ1) is 7.47. The van der Waals surface area contributed by atoms with Gasteiger partial charge in [0.25, 0.3) is 0 Å². The highest BCUT2D eigenvalue weighted by Crippen LogP contribution is 2.21. The monoisotopic (exact) mass is 232 g/mol. The van der Waals surface area contributed by atoms with Gasteiger partial charge in [-0.15, -0.1) is 0 Å². The molecule has 0 radical (unpaired) electrons. The minimum absolute atomic E-state index is 0.508. The molecule has 90 valence electrons. The summed E-state index contributed by atoms with van der Waals surface area (Å²) in [6.07, 6.45) is -2.58. The number of hydrogen-bond acceptors (Lipinski definition) is 2. The Morgan fingerprint density at radius 3 is 2.69 bits per heavy atom. The van der Waals surface area contributed by atoms with E-state index in [0.29, 0.717) is 13.0 Å². The highest BCUT2D eigenvalue weighted by Gasteiger charge is 2.29. The van der Waals surface area contributed by atoms with Gasteiger partial charge in [-0.25, -0.2) is 0 Å². The number of alkyl halides is 3. The highest BCUT2D eigenvalue weighted by molar-refractivity contribution is 5.03. The van der Waals surface area contributed by atoms with Crippen molar-refractivity contribution in [2.45, 2.75) is 32.0 Å². The van der Waals surface area contributed by atoms with Gasteiger partial charge >= 0.3 is 6.18 Å². The normalized spacial score (nSPS) is 13.8. The van der Waals surface area contributed by atoms with E-state index in [2.05, 4.69) is 10.3 Å². The summed E-state index contributed by atoms with van der Waals surface area (Å²) in [7, 11) is 0. The Morgan fingerprint density at radius 1 is 1.38 bits per heavy atom. The van der Waals surface area contributed by atoms with E-state index < -0.39 is 18.6 Å². The summed E-state index contributed by atoms with van der Waals surface area (Å²) in [5.41, 5.74) is 0.884. The van der Waals surface area contributed by atoms with Crippen molar-refractivity contribution in [3.05, 3.63) is 30.1 Å². The second-order valence-electron chi connectivity index (χ2n) is 3.75. The van der Waals surface area contributed by atoms with Gasteiger partial charge in [-0.2, -0.15) is 13.2 Å². The summed E-state index contributed by atoms with van der Waals surface area (Å²) in [4.78, 5) is 4.09. The molecular formula is C11H15F3N2. The van der Waals surface area contributed by atoms with E-state index in [0.717, 1.165) is 5.69 Å². The van der Waals surface area contributed by atoms with Crippen molar-refractivity contribution >= 4 is 0 Å². The number of nitrogens with one attached hydrogen (secondary N) is 1. The summed E-state index contributed by atoms with van der Waals surface area (Å²) >= 11 is 0. The van der Waals surface area contributed by atoms with Gasteiger partial charge in [0, 0.05) is 30.9 Å². The lowest BCUT2D eigenvalue weighted by molar-refractivity contribution is -0.138. The molecule has 1 heterocycles. The van der Waals surface area contributed by atoms with Crippen LogP contribution in [0, 0.1) is 0 Å². The van der Waals surface area contributed by atoms with Crippen molar-refractivity contribution in [2.24, 2.45) is 0 Å². The number of hydrogen-bond donors (Lipinski definition) is 1. The van der Waals surface area contributed by atoms with Crippen molar-refractivity contribution in [1.29, 1.82) is 0 Å². The van der Waals surface area contributed by atoms with Gasteiger partial charge < -0.3 is 5.32 Å². The molecule has 1 atom stereocenters. The van der Waals surface area contributed by atoms with Gasteiger partial charge in [0.1, 0.15) is 0 Å². The quantitative estimate of drug-likeness (QED) is 0.843. The van der Waals surface area contributed by atoms with Crippen molar-refractivity contribution in [1.82, 2.24) is 10.3 Å². The molecule has 0 aliphatic carbocycles. The topological polar surface area (TPSA) is 24.9 Å². The Bertz CT molecular complexity index is 298. The van der Waals surface area contributed by atoms with Gasteiger partial charge in [0.05, 0.1) is 6.42 Å². The SMILES string of the molecule is CC(CC(F)(F)F)NCCc1ccccn1. The standard InChI is InChI=1S/C11H15F3N2/c1-9(8-11(12,13)14)15-7-5-10-4-2-3-6-16-10/h2-4,6,9,15H,5,7-8H2,1H3. The first kappa shape index (κ1) is 13.0. The molecule has 0 fully saturated rings. The van der Waals surface area contributed by atoms with E-state index in [-0.39, 0.29) is 0 Å². The molecule has 1 rings (SSSR count). The van der Waals surface area contributed by atoms with Crippen LogP contribution in [0.4, 0.5) is 13.2 Å². The van der Waals surface area contributed by atoms with Gasteiger partial charge in [-0.1, -0.05) is 6.07 Å². The average molecular weight is 232 g/mol. The van der Waals surface area contributed by atoms with E-state index in [1.165, 1.54) is 6.92 Å². The molecule has 0 saturated heterocycles. The minimum Gasteiger partial charge on any atom is -0.314 e. The van der Waals surface area contributed by atoms with Crippen LogP contribution in [-0.2, 0) is 6.42 Å². The smallest absolute Gasteiger partial charge is 0.314 e. The summed E-state index contributed by atoms with van der Waals surface area (Å²) < 4.78 is 36.0. The lowest BCUT2D eigenvalue weighted by atomic mass is 10.2. The fourth-order valence-electron chi connectivity index (χ4n) is 1.41. The largest absolute Gasteiger partial charge is 0.390 e. The molecule has 1 unspecified atom stereocenters. The fraction of sp³-hybridized carbons (Fsp3) is 0.545. The molecule has 1 N–H and O–H groups in total. The van der Waals surface area contributed by atoms with Crippen LogP contribution in [0.25, 0.3) is 0 Å². The number of pyridine rings is 1. The number of nitrogens with zero attached hydrogens (tertiary/aromatic N) is 1. The van der Waals surface area contributed by atoms with Crippen LogP contribution < -0.4 is 5.32 Å². The Morgan fingerprint density at radius 2 is 2.12 bits per heavy atom.